The normalized spacial score (nSPS) is 16.2. The van der Waals surface area contributed by atoms with Crippen LogP contribution in [0, 0.1) is 5.92 Å². The maximum absolute atomic E-state index is 10.3. The summed E-state index contributed by atoms with van der Waals surface area (Å²) in [6.45, 7) is 13.0. The van der Waals surface area contributed by atoms with Crippen molar-refractivity contribution in [1.29, 1.82) is 0 Å². The van der Waals surface area contributed by atoms with Gasteiger partial charge in [-0.25, -0.2) is 0 Å². The first kappa shape index (κ1) is 16.6. The van der Waals surface area contributed by atoms with Gasteiger partial charge >= 0.3 is 0 Å². The number of aromatic hydroxyl groups is 1. The lowest BCUT2D eigenvalue weighted by Crippen LogP contribution is -2.40. The van der Waals surface area contributed by atoms with E-state index in [-0.39, 0.29) is 5.04 Å². The van der Waals surface area contributed by atoms with Crippen LogP contribution in [-0.4, -0.2) is 18.0 Å². The number of phenols is 1. The largest absolute Gasteiger partial charge is 0.506 e. The summed E-state index contributed by atoms with van der Waals surface area (Å²) in [5.74, 6) is 1.14. The molecule has 1 heterocycles. The lowest BCUT2D eigenvalue weighted by Gasteiger charge is -2.36. The molecule has 0 radical (unpaired) electrons. The van der Waals surface area contributed by atoms with E-state index in [9.17, 15) is 5.11 Å². The van der Waals surface area contributed by atoms with Crippen LogP contribution < -0.4 is 0 Å². The Morgan fingerprint density at radius 2 is 1.96 bits per heavy atom. The van der Waals surface area contributed by atoms with Crippen molar-refractivity contribution in [2.45, 2.75) is 64.9 Å². The number of fused-ring (bicyclic) bond motifs is 1. The molecule has 0 spiro atoms. The molecule has 1 aliphatic carbocycles. The highest BCUT2D eigenvalue weighted by Crippen LogP contribution is 2.39. The standard InChI is InChI=1S/C19H29NO2Si/c1-19(2,3)23(4,5)22-13-16-11-15-7-6-8-17(21)18(15)20(16)12-14-9-10-14/h6-8,11,14,21H,9-10,12-13H2,1-5H3. The summed E-state index contributed by atoms with van der Waals surface area (Å²) in [5.41, 5.74) is 2.16. The van der Waals surface area contributed by atoms with E-state index < -0.39 is 8.32 Å². The molecular weight excluding hydrogens is 302 g/mol. The fraction of sp³-hybridized carbons (Fsp3) is 0.579. The van der Waals surface area contributed by atoms with Gasteiger partial charge in [0.25, 0.3) is 0 Å². The Labute approximate surface area is 140 Å². The average Bonchev–Trinajstić information content (AvgIpc) is 3.17. The molecule has 0 saturated heterocycles. The predicted octanol–water partition coefficient (Wildman–Crippen LogP) is 5.28. The van der Waals surface area contributed by atoms with E-state index in [4.69, 9.17) is 4.43 Å². The zero-order valence-corrected chi connectivity index (χ0v) is 16.0. The molecule has 3 rings (SSSR count). The molecule has 0 atom stereocenters. The molecule has 1 N–H and O–H groups in total. The number of benzene rings is 1. The van der Waals surface area contributed by atoms with E-state index in [2.05, 4.69) is 50.6 Å². The molecule has 1 aromatic heterocycles. The minimum Gasteiger partial charge on any atom is -0.506 e. The monoisotopic (exact) mass is 331 g/mol. The van der Waals surface area contributed by atoms with E-state index in [1.165, 1.54) is 18.5 Å². The average molecular weight is 332 g/mol. The van der Waals surface area contributed by atoms with Gasteiger partial charge in [0.2, 0.25) is 0 Å². The van der Waals surface area contributed by atoms with Crippen molar-refractivity contribution < 1.29 is 9.53 Å². The maximum Gasteiger partial charge on any atom is 0.192 e. The zero-order valence-electron chi connectivity index (χ0n) is 15.0. The van der Waals surface area contributed by atoms with Crippen molar-refractivity contribution in [3.05, 3.63) is 30.0 Å². The number of para-hydroxylation sites is 1. The van der Waals surface area contributed by atoms with Gasteiger partial charge in [-0.1, -0.05) is 32.9 Å². The highest BCUT2D eigenvalue weighted by Gasteiger charge is 2.37. The fourth-order valence-electron chi connectivity index (χ4n) is 2.72. The molecule has 2 aromatic rings. The molecular formula is C19H29NO2Si. The van der Waals surface area contributed by atoms with Crippen LogP contribution in [0.5, 0.6) is 5.75 Å². The van der Waals surface area contributed by atoms with Crippen LogP contribution in [0.15, 0.2) is 24.3 Å². The molecule has 0 aliphatic heterocycles. The van der Waals surface area contributed by atoms with Crippen molar-refractivity contribution in [2.75, 3.05) is 0 Å². The first-order chi connectivity index (χ1) is 10.7. The second-order valence-corrected chi connectivity index (χ2v) is 13.3. The highest BCUT2D eigenvalue weighted by atomic mass is 28.4. The molecule has 126 valence electrons. The lowest BCUT2D eigenvalue weighted by molar-refractivity contribution is 0.266. The molecule has 1 saturated carbocycles. The molecule has 1 aliphatic rings. The number of phenolic OH excluding ortho intramolecular Hbond substituents is 1. The van der Waals surface area contributed by atoms with Crippen LogP contribution >= 0.6 is 0 Å². The number of nitrogens with zero attached hydrogens (tertiary/aromatic N) is 1. The number of hydrogen-bond acceptors (Lipinski definition) is 2. The van der Waals surface area contributed by atoms with Crippen molar-refractivity contribution in [3.8, 4) is 5.75 Å². The zero-order chi connectivity index (χ0) is 16.8. The van der Waals surface area contributed by atoms with Gasteiger partial charge in [0.15, 0.2) is 8.32 Å². The summed E-state index contributed by atoms with van der Waals surface area (Å²) in [5, 5.41) is 11.6. The topological polar surface area (TPSA) is 34.4 Å². The van der Waals surface area contributed by atoms with Gasteiger partial charge < -0.3 is 14.1 Å². The van der Waals surface area contributed by atoms with Crippen molar-refractivity contribution in [3.63, 3.8) is 0 Å². The third-order valence-corrected chi connectivity index (χ3v) is 9.99. The van der Waals surface area contributed by atoms with Gasteiger partial charge in [0.1, 0.15) is 5.75 Å². The molecule has 23 heavy (non-hydrogen) atoms. The van der Waals surface area contributed by atoms with Crippen LogP contribution in [0.3, 0.4) is 0 Å². The molecule has 1 aromatic carbocycles. The molecule has 3 nitrogen and oxygen atoms in total. The molecule has 0 unspecified atom stereocenters. The summed E-state index contributed by atoms with van der Waals surface area (Å²) >= 11 is 0. The molecule has 4 heteroatoms. The van der Waals surface area contributed by atoms with Crippen LogP contribution in [0.1, 0.15) is 39.3 Å². The van der Waals surface area contributed by atoms with Crippen LogP contribution in [-0.2, 0) is 17.6 Å². The fourth-order valence-corrected chi connectivity index (χ4v) is 3.66. The number of rotatable bonds is 5. The van der Waals surface area contributed by atoms with Crippen LogP contribution in [0.25, 0.3) is 10.9 Å². The summed E-state index contributed by atoms with van der Waals surface area (Å²) in [6.07, 6.45) is 2.60. The lowest BCUT2D eigenvalue weighted by atomic mass is 10.2. The Morgan fingerprint density at radius 1 is 1.26 bits per heavy atom. The molecule has 0 amide bonds. The Bertz CT molecular complexity index is 708. The van der Waals surface area contributed by atoms with E-state index in [1.807, 2.05) is 6.07 Å². The maximum atomic E-state index is 10.3. The predicted molar refractivity (Wildman–Crippen MR) is 98.3 cm³/mol. The SMILES string of the molecule is CC(C)(C)[Si](C)(C)OCc1cc2cccc(O)c2n1CC1CC1. The minimum absolute atomic E-state index is 0.211. The van der Waals surface area contributed by atoms with Gasteiger partial charge in [-0.05, 0) is 49.0 Å². The Kier molecular flexibility index (Phi) is 4.09. The number of hydrogen-bond donors (Lipinski definition) is 1. The molecule has 1 fully saturated rings. The molecule has 0 bridgehead atoms. The van der Waals surface area contributed by atoms with E-state index in [1.54, 1.807) is 6.07 Å². The van der Waals surface area contributed by atoms with Gasteiger partial charge in [-0.15, -0.1) is 0 Å². The summed E-state index contributed by atoms with van der Waals surface area (Å²) in [7, 11) is -1.77. The van der Waals surface area contributed by atoms with Gasteiger partial charge in [0, 0.05) is 17.6 Å². The van der Waals surface area contributed by atoms with E-state index in [0.717, 1.165) is 23.4 Å². The highest BCUT2D eigenvalue weighted by molar-refractivity contribution is 6.74. The number of aromatic nitrogens is 1. The van der Waals surface area contributed by atoms with E-state index >= 15 is 0 Å². The van der Waals surface area contributed by atoms with Gasteiger partial charge in [0.05, 0.1) is 12.1 Å². The Hall–Kier alpha value is -1.26. The first-order valence-corrected chi connectivity index (χ1v) is 11.5. The Morgan fingerprint density at radius 3 is 2.57 bits per heavy atom. The van der Waals surface area contributed by atoms with Crippen molar-refractivity contribution in [2.24, 2.45) is 5.92 Å². The summed E-state index contributed by atoms with van der Waals surface area (Å²) in [4.78, 5) is 0. The minimum atomic E-state index is -1.77. The smallest absolute Gasteiger partial charge is 0.192 e. The second kappa shape index (κ2) is 5.67. The van der Waals surface area contributed by atoms with E-state index in [0.29, 0.717) is 12.4 Å². The Balaban J connectivity index is 1.92. The van der Waals surface area contributed by atoms with Crippen LogP contribution in [0.4, 0.5) is 0 Å². The quantitative estimate of drug-likeness (QED) is 0.756. The summed E-state index contributed by atoms with van der Waals surface area (Å²) < 4.78 is 8.72. The second-order valence-electron chi connectivity index (χ2n) is 8.45. The first-order valence-electron chi connectivity index (χ1n) is 8.63. The third-order valence-electron chi connectivity index (χ3n) is 5.51. The van der Waals surface area contributed by atoms with Crippen molar-refractivity contribution >= 4 is 19.2 Å². The van der Waals surface area contributed by atoms with Crippen molar-refractivity contribution in [1.82, 2.24) is 4.57 Å². The van der Waals surface area contributed by atoms with Crippen LogP contribution in [0.2, 0.25) is 18.1 Å². The van der Waals surface area contributed by atoms with Gasteiger partial charge in [-0.2, -0.15) is 0 Å². The summed E-state index contributed by atoms with van der Waals surface area (Å²) in [6, 6.07) is 7.96. The van der Waals surface area contributed by atoms with Gasteiger partial charge in [-0.3, -0.25) is 0 Å². The third kappa shape index (κ3) is 3.33.